The second kappa shape index (κ2) is 7.70. The molecule has 0 aliphatic carbocycles. The van der Waals surface area contributed by atoms with Crippen LogP contribution >= 0.6 is 11.6 Å². The summed E-state index contributed by atoms with van der Waals surface area (Å²) < 4.78 is 5.25. The first-order chi connectivity index (χ1) is 10.2. The minimum Gasteiger partial charge on any atom is -0.497 e. The minimum atomic E-state index is 0.362. The number of hydrogen-bond acceptors (Lipinski definition) is 1. The predicted octanol–water partition coefficient (Wildman–Crippen LogP) is 5.82. The van der Waals surface area contributed by atoms with Gasteiger partial charge in [0.1, 0.15) is 5.75 Å². The average molecular weight is 299 g/mol. The molecule has 1 unspecified atom stereocenters. The standard InChI is InChI=1S/C19H19ClO/c1-15(7-5-3-4-6-12-20)16-8-9-18-14-19(21-2)11-10-17(18)13-16/h3-15H,1-2H3/b4-3-,7-5+,12-6+. The Hall–Kier alpha value is -1.99. The highest BCUT2D eigenvalue weighted by Gasteiger charge is 2.03. The molecular weight excluding hydrogens is 280 g/mol. The molecule has 1 atom stereocenters. The van der Waals surface area contributed by atoms with Crippen LogP contribution in [-0.2, 0) is 0 Å². The highest BCUT2D eigenvalue weighted by molar-refractivity contribution is 6.25. The Bertz CT molecular complexity index is 683. The highest BCUT2D eigenvalue weighted by atomic mass is 35.5. The summed E-state index contributed by atoms with van der Waals surface area (Å²) in [5.74, 6) is 1.25. The van der Waals surface area contributed by atoms with Gasteiger partial charge in [-0.1, -0.05) is 73.2 Å². The summed E-state index contributed by atoms with van der Waals surface area (Å²) in [7, 11) is 1.69. The molecule has 0 saturated carbocycles. The number of fused-ring (bicyclic) bond motifs is 1. The van der Waals surface area contributed by atoms with Gasteiger partial charge in [-0.15, -0.1) is 0 Å². The Morgan fingerprint density at radius 1 is 0.952 bits per heavy atom. The van der Waals surface area contributed by atoms with Gasteiger partial charge in [0.15, 0.2) is 0 Å². The van der Waals surface area contributed by atoms with E-state index in [2.05, 4.69) is 43.3 Å². The Kier molecular flexibility index (Phi) is 5.65. The number of benzene rings is 2. The van der Waals surface area contributed by atoms with Gasteiger partial charge in [0.05, 0.1) is 7.11 Å². The fourth-order valence-corrected chi connectivity index (χ4v) is 2.25. The molecule has 0 heterocycles. The first-order valence-corrected chi connectivity index (χ1v) is 7.36. The molecule has 21 heavy (non-hydrogen) atoms. The van der Waals surface area contributed by atoms with Gasteiger partial charge in [-0.3, -0.25) is 0 Å². The quantitative estimate of drug-likeness (QED) is 0.632. The first kappa shape index (κ1) is 15.4. The molecule has 0 aliphatic rings. The lowest BCUT2D eigenvalue weighted by Gasteiger charge is -2.09. The van der Waals surface area contributed by atoms with Crippen LogP contribution in [0, 0.1) is 0 Å². The predicted molar refractivity (Wildman–Crippen MR) is 92.2 cm³/mol. The van der Waals surface area contributed by atoms with Crippen LogP contribution in [0.1, 0.15) is 18.4 Å². The van der Waals surface area contributed by atoms with Crippen molar-refractivity contribution in [2.45, 2.75) is 12.8 Å². The summed E-state index contributed by atoms with van der Waals surface area (Å²) in [6.45, 7) is 2.19. The second-order valence-electron chi connectivity index (χ2n) is 4.85. The van der Waals surface area contributed by atoms with Gasteiger partial charge in [0.2, 0.25) is 0 Å². The van der Waals surface area contributed by atoms with Gasteiger partial charge in [-0.2, -0.15) is 0 Å². The molecule has 0 amide bonds. The molecule has 108 valence electrons. The van der Waals surface area contributed by atoms with Crippen LogP contribution < -0.4 is 4.74 Å². The van der Waals surface area contributed by atoms with Gasteiger partial charge >= 0.3 is 0 Å². The molecule has 0 bridgehead atoms. The van der Waals surface area contributed by atoms with E-state index in [0.29, 0.717) is 5.92 Å². The molecular formula is C19H19ClO. The Morgan fingerprint density at radius 2 is 1.67 bits per heavy atom. The molecule has 0 radical (unpaired) electrons. The van der Waals surface area contributed by atoms with E-state index in [1.165, 1.54) is 21.9 Å². The fraction of sp³-hybridized carbons (Fsp3) is 0.158. The molecule has 0 fully saturated rings. The second-order valence-corrected chi connectivity index (χ2v) is 5.10. The Labute approximate surface area is 131 Å². The van der Waals surface area contributed by atoms with Crippen molar-refractivity contribution >= 4 is 22.4 Å². The van der Waals surface area contributed by atoms with Crippen LogP contribution in [-0.4, -0.2) is 7.11 Å². The van der Waals surface area contributed by atoms with E-state index in [0.717, 1.165) is 5.75 Å². The van der Waals surface area contributed by atoms with Crippen molar-refractivity contribution in [3.8, 4) is 5.75 Å². The zero-order valence-corrected chi connectivity index (χ0v) is 13.0. The number of allylic oxidation sites excluding steroid dienone is 5. The van der Waals surface area contributed by atoms with Gasteiger partial charge in [0.25, 0.3) is 0 Å². The molecule has 2 aromatic carbocycles. The van der Waals surface area contributed by atoms with E-state index < -0.39 is 0 Å². The van der Waals surface area contributed by atoms with Gasteiger partial charge in [0, 0.05) is 5.54 Å². The van der Waals surface area contributed by atoms with Gasteiger partial charge in [-0.05, 0) is 34.4 Å². The van der Waals surface area contributed by atoms with Crippen molar-refractivity contribution in [1.29, 1.82) is 0 Å². The molecule has 0 aliphatic heterocycles. The SMILES string of the molecule is COc1ccc2cc(C(C)/C=C/C=C\C=C\Cl)ccc2c1. The number of halogens is 1. The normalized spacial score (nSPS) is 13.7. The zero-order valence-electron chi connectivity index (χ0n) is 12.3. The number of hydrogen-bond donors (Lipinski definition) is 0. The van der Waals surface area contributed by atoms with Crippen LogP contribution in [0.5, 0.6) is 5.75 Å². The maximum atomic E-state index is 5.45. The number of methoxy groups -OCH3 is 1. The van der Waals surface area contributed by atoms with Crippen LogP contribution in [0.25, 0.3) is 10.8 Å². The monoisotopic (exact) mass is 298 g/mol. The lowest BCUT2D eigenvalue weighted by molar-refractivity contribution is 0.415. The third kappa shape index (κ3) is 4.24. The van der Waals surface area contributed by atoms with Crippen molar-refractivity contribution in [2.24, 2.45) is 0 Å². The number of ether oxygens (including phenoxy) is 1. The largest absolute Gasteiger partial charge is 0.497 e. The van der Waals surface area contributed by atoms with Crippen molar-refractivity contribution in [1.82, 2.24) is 0 Å². The van der Waals surface area contributed by atoms with Crippen molar-refractivity contribution in [2.75, 3.05) is 7.11 Å². The van der Waals surface area contributed by atoms with Crippen molar-refractivity contribution in [3.05, 3.63) is 77.9 Å². The molecule has 2 aromatic rings. The maximum Gasteiger partial charge on any atom is 0.119 e. The van der Waals surface area contributed by atoms with Gasteiger partial charge < -0.3 is 4.74 Å². The average Bonchev–Trinajstić information content (AvgIpc) is 2.53. The molecule has 2 rings (SSSR count). The smallest absolute Gasteiger partial charge is 0.119 e. The fourth-order valence-electron chi connectivity index (χ4n) is 2.16. The third-order valence-electron chi connectivity index (χ3n) is 3.40. The van der Waals surface area contributed by atoms with Crippen LogP contribution in [0.15, 0.2) is 72.3 Å². The van der Waals surface area contributed by atoms with E-state index in [-0.39, 0.29) is 0 Å². The van der Waals surface area contributed by atoms with Crippen molar-refractivity contribution in [3.63, 3.8) is 0 Å². The summed E-state index contributed by atoms with van der Waals surface area (Å²) in [5, 5.41) is 2.43. The molecule has 0 aromatic heterocycles. The molecule has 2 heteroatoms. The number of rotatable bonds is 5. The zero-order chi connectivity index (χ0) is 15.1. The molecule has 0 N–H and O–H groups in total. The molecule has 0 spiro atoms. The summed E-state index contributed by atoms with van der Waals surface area (Å²) in [6.07, 6.45) is 9.88. The summed E-state index contributed by atoms with van der Waals surface area (Å²) in [5.41, 5.74) is 2.79. The lowest BCUT2D eigenvalue weighted by Crippen LogP contribution is -1.89. The van der Waals surface area contributed by atoms with Crippen LogP contribution in [0.2, 0.25) is 0 Å². The topological polar surface area (TPSA) is 9.23 Å². The summed E-state index contributed by atoms with van der Waals surface area (Å²) in [4.78, 5) is 0. The summed E-state index contributed by atoms with van der Waals surface area (Å²) in [6, 6.07) is 12.7. The molecule has 1 nitrogen and oxygen atoms in total. The lowest BCUT2D eigenvalue weighted by atomic mass is 9.97. The van der Waals surface area contributed by atoms with E-state index in [4.69, 9.17) is 16.3 Å². The van der Waals surface area contributed by atoms with Crippen LogP contribution in [0.4, 0.5) is 0 Å². The Morgan fingerprint density at radius 3 is 2.43 bits per heavy atom. The summed E-state index contributed by atoms with van der Waals surface area (Å²) >= 11 is 5.45. The van der Waals surface area contributed by atoms with Crippen molar-refractivity contribution < 1.29 is 4.74 Å². The first-order valence-electron chi connectivity index (χ1n) is 6.92. The minimum absolute atomic E-state index is 0.362. The molecule has 0 saturated heterocycles. The van der Waals surface area contributed by atoms with Crippen LogP contribution in [0.3, 0.4) is 0 Å². The third-order valence-corrected chi connectivity index (χ3v) is 3.55. The van der Waals surface area contributed by atoms with E-state index in [1.54, 1.807) is 13.2 Å². The maximum absolute atomic E-state index is 5.45. The van der Waals surface area contributed by atoms with E-state index in [9.17, 15) is 0 Å². The van der Waals surface area contributed by atoms with Gasteiger partial charge in [-0.25, -0.2) is 0 Å². The highest BCUT2D eigenvalue weighted by Crippen LogP contribution is 2.25. The van der Waals surface area contributed by atoms with E-state index >= 15 is 0 Å². The Balaban J connectivity index is 2.18. The van der Waals surface area contributed by atoms with E-state index in [1.807, 2.05) is 24.3 Å².